The smallest absolute Gasteiger partial charge is 0.243 e. The third-order valence-electron chi connectivity index (χ3n) is 4.45. The summed E-state index contributed by atoms with van der Waals surface area (Å²) in [6, 6.07) is 11.4. The van der Waals surface area contributed by atoms with Gasteiger partial charge >= 0.3 is 0 Å². The summed E-state index contributed by atoms with van der Waals surface area (Å²) in [6.45, 7) is 3.94. The normalized spacial score (nSPS) is 10.5. The van der Waals surface area contributed by atoms with Gasteiger partial charge in [-0.05, 0) is 43.2 Å². The second-order valence-electron chi connectivity index (χ2n) is 6.58. The number of carbonyl (C=O) groups excluding carboxylic acids is 2. The molecule has 144 valence electrons. The first kappa shape index (κ1) is 19.7. The predicted octanol–water partition coefficient (Wildman–Crippen LogP) is 3.46. The number of thiazole rings is 1. The third-order valence-corrected chi connectivity index (χ3v) is 5.37. The van der Waals surface area contributed by atoms with E-state index in [-0.39, 0.29) is 24.8 Å². The van der Waals surface area contributed by atoms with Crippen molar-refractivity contribution in [1.29, 1.82) is 0 Å². The molecule has 2 amide bonds. The molecule has 0 aliphatic rings. The Morgan fingerprint density at radius 2 is 1.96 bits per heavy atom. The molecule has 0 bridgehead atoms. The number of hydrogen-bond donors (Lipinski definition) is 1. The zero-order chi connectivity index (χ0) is 20.1. The highest BCUT2D eigenvalue weighted by Gasteiger charge is 2.16. The minimum absolute atomic E-state index is 0.0105. The maximum Gasteiger partial charge on any atom is 0.243 e. The average molecular weight is 395 g/mol. The molecule has 7 heteroatoms. The third kappa shape index (κ3) is 4.80. The van der Waals surface area contributed by atoms with E-state index in [2.05, 4.69) is 15.3 Å². The minimum atomic E-state index is -0.225. The molecule has 1 N–H and O–H groups in total. The van der Waals surface area contributed by atoms with Gasteiger partial charge in [0.15, 0.2) is 0 Å². The van der Waals surface area contributed by atoms with E-state index < -0.39 is 0 Å². The quantitative estimate of drug-likeness (QED) is 0.695. The molecule has 2 aromatic heterocycles. The highest BCUT2D eigenvalue weighted by Crippen LogP contribution is 2.22. The van der Waals surface area contributed by atoms with Crippen LogP contribution in [0.5, 0.6) is 0 Å². The van der Waals surface area contributed by atoms with Crippen molar-refractivity contribution in [3.05, 3.63) is 64.8 Å². The van der Waals surface area contributed by atoms with E-state index in [1.165, 1.54) is 16.2 Å². The fraction of sp³-hybridized carbons (Fsp3) is 0.238. The van der Waals surface area contributed by atoms with Crippen molar-refractivity contribution in [2.75, 3.05) is 18.9 Å². The van der Waals surface area contributed by atoms with Crippen LogP contribution in [0.15, 0.2) is 48.0 Å². The van der Waals surface area contributed by atoms with Crippen LogP contribution in [0.1, 0.15) is 16.8 Å². The molecule has 1 aromatic carbocycles. The van der Waals surface area contributed by atoms with Crippen LogP contribution in [0, 0.1) is 13.8 Å². The second kappa shape index (κ2) is 8.75. The van der Waals surface area contributed by atoms with Crippen molar-refractivity contribution in [1.82, 2.24) is 14.9 Å². The summed E-state index contributed by atoms with van der Waals surface area (Å²) in [5.74, 6) is -0.383. The lowest BCUT2D eigenvalue weighted by Gasteiger charge is -2.17. The lowest BCUT2D eigenvalue weighted by atomic mass is 10.1. The number of nitrogens with one attached hydrogen (secondary N) is 1. The number of amides is 2. The van der Waals surface area contributed by atoms with Gasteiger partial charge in [0.2, 0.25) is 11.8 Å². The van der Waals surface area contributed by atoms with Gasteiger partial charge in [0.25, 0.3) is 0 Å². The Hall–Kier alpha value is -3.06. The number of hydrogen-bond acceptors (Lipinski definition) is 5. The first-order valence-electron chi connectivity index (χ1n) is 8.90. The van der Waals surface area contributed by atoms with Crippen LogP contribution in [0.3, 0.4) is 0 Å². The molecule has 0 saturated carbocycles. The highest BCUT2D eigenvalue weighted by atomic mass is 32.1. The van der Waals surface area contributed by atoms with E-state index in [0.717, 1.165) is 27.5 Å². The van der Waals surface area contributed by atoms with Gasteiger partial charge in [-0.1, -0.05) is 18.2 Å². The first-order valence-corrected chi connectivity index (χ1v) is 9.78. The number of nitrogens with zero attached hydrogens (tertiary/aromatic N) is 3. The van der Waals surface area contributed by atoms with Crippen LogP contribution in [-0.2, 0) is 16.0 Å². The number of likely N-dealkylation sites (N-methyl/N-ethyl adjacent to an activating group) is 1. The molecule has 0 radical (unpaired) electrons. The summed E-state index contributed by atoms with van der Waals surface area (Å²) in [5.41, 5.74) is 4.36. The molecule has 0 unspecified atom stereocenters. The van der Waals surface area contributed by atoms with Gasteiger partial charge in [0, 0.05) is 24.3 Å². The van der Waals surface area contributed by atoms with Crippen molar-refractivity contribution in [2.24, 2.45) is 0 Å². The molecule has 3 rings (SSSR count). The zero-order valence-electron chi connectivity index (χ0n) is 16.1. The number of rotatable bonds is 6. The monoisotopic (exact) mass is 394 g/mol. The van der Waals surface area contributed by atoms with E-state index in [1.54, 1.807) is 13.2 Å². The lowest BCUT2D eigenvalue weighted by Crippen LogP contribution is -2.36. The topological polar surface area (TPSA) is 75.2 Å². The Morgan fingerprint density at radius 1 is 1.14 bits per heavy atom. The number of aromatic nitrogens is 2. The van der Waals surface area contributed by atoms with Crippen LogP contribution in [0.25, 0.3) is 10.7 Å². The van der Waals surface area contributed by atoms with E-state index in [4.69, 9.17) is 0 Å². The summed E-state index contributed by atoms with van der Waals surface area (Å²) in [5, 5.41) is 5.50. The van der Waals surface area contributed by atoms with Gasteiger partial charge in [-0.15, -0.1) is 11.3 Å². The lowest BCUT2D eigenvalue weighted by molar-refractivity contribution is -0.132. The minimum Gasteiger partial charge on any atom is -0.336 e. The summed E-state index contributed by atoms with van der Waals surface area (Å²) < 4.78 is 0. The summed E-state index contributed by atoms with van der Waals surface area (Å²) >= 11 is 1.45. The number of carbonyl (C=O) groups is 2. The molecular formula is C21H22N4O2S. The standard InChI is InChI=1S/C21H22N4O2S/c1-14-7-6-9-17(15(14)2)24-19(26)12-25(3)20(27)11-16-13-28-21(23-16)18-8-4-5-10-22-18/h4-10,13H,11-12H2,1-3H3,(H,24,26). The maximum atomic E-state index is 12.5. The van der Waals surface area contributed by atoms with Crippen molar-refractivity contribution in [3.63, 3.8) is 0 Å². The Bertz CT molecular complexity index is 985. The van der Waals surface area contributed by atoms with Crippen LogP contribution in [-0.4, -0.2) is 40.3 Å². The van der Waals surface area contributed by atoms with E-state index in [1.807, 2.05) is 55.6 Å². The molecule has 0 saturated heterocycles. The Kier molecular flexibility index (Phi) is 6.16. The maximum absolute atomic E-state index is 12.5. The second-order valence-corrected chi connectivity index (χ2v) is 7.44. The van der Waals surface area contributed by atoms with E-state index in [0.29, 0.717) is 5.69 Å². The molecule has 0 atom stereocenters. The zero-order valence-corrected chi connectivity index (χ0v) is 16.9. The van der Waals surface area contributed by atoms with E-state index >= 15 is 0 Å². The first-order chi connectivity index (χ1) is 13.4. The van der Waals surface area contributed by atoms with Crippen LogP contribution >= 0.6 is 11.3 Å². The molecule has 0 aliphatic heterocycles. The van der Waals surface area contributed by atoms with Crippen LogP contribution < -0.4 is 5.32 Å². The number of benzene rings is 1. The van der Waals surface area contributed by atoms with Crippen molar-refractivity contribution < 1.29 is 9.59 Å². The number of anilines is 1. The largest absolute Gasteiger partial charge is 0.336 e. The summed E-state index contributed by atoms with van der Waals surface area (Å²) in [4.78, 5) is 34.9. The Balaban J connectivity index is 1.57. The predicted molar refractivity (Wildman–Crippen MR) is 111 cm³/mol. The van der Waals surface area contributed by atoms with Crippen LogP contribution in [0.4, 0.5) is 5.69 Å². The molecule has 28 heavy (non-hydrogen) atoms. The van der Waals surface area contributed by atoms with Crippen LogP contribution in [0.2, 0.25) is 0 Å². The number of pyridine rings is 1. The molecule has 6 nitrogen and oxygen atoms in total. The van der Waals surface area contributed by atoms with Crippen molar-refractivity contribution in [3.8, 4) is 10.7 Å². The van der Waals surface area contributed by atoms with Gasteiger partial charge in [-0.25, -0.2) is 4.98 Å². The van der Waals surface area contributed by atoms with Gasteiger partial charge in [-0.2, -0.15) is 0 Å². The molecule has 0 spiro atoms. The fourth-order valence-electron chi connectivity index (χ4n) is 2.66. The van der Waals surface area contributed by atoms with Gasteiger partial charge in [0.05, 0.1) is 24.4 Å². The van der Waals surface area contributed by atoms with Gasteiger partial charge < -0.3 is 10.2 Å². The summed E-state index contributed by atoms with van der Waals surface area (Å²) in [7, 11) is 1.62. The molecule has 0 fully saturated rings. The van der Waals surface area contributed by atoms with Crippen molar-refractivity contribution >= 4 is 28.8 Å². The van der Waals surface area contributed by atoms with Gasteiger partial charge in [0.1, 0.15) is 5.01 Å². The Morgan fingerprint density at radius 3 is 2.71 bits per heavy atom. The van der Waals surface area contributed by atoms with Gasteiger partial charge in [-0.3, -0.25) is 14.6 Å². The number of aryl methyl sites for hydroxylation is 1. The molecule has 3 aromatic rings. The average Bonchev–Trinajstić information content (AvgIpc) is 3.14. The van der Waals surface area contributed by atoms with E-state index in [9.17, 15) is 9.59 Å². The summed E-state index contributed by atoms with van der Waals surface area (Å²) in [6.07, 6.45) is 1.86. The van der Waals surface area contributed by atoms with Crippen molar-refractivity contribution in [2.45, 2.75) is 20.3 Å². The fourth-order valence-corrected chi connectivity index (χ4v) is 3.46. The molecular weight excluding hydrogens is 372 g/mol. The highest BCUT2D eigenvalue weighted by molar-refractivity contribution is 7.13. The molecule has 2 heterocycles. The SMILES string of the molecule is Cc1cccc(NC(=O)CN(C)C(=O)Cc2csc(-c3ccccn3)n2)c1C. The Labute approximate surface area is 168 Å². The molecule has 0 aliphatic carbocycles.